The normalized spacial score (nSPS) is 27.1. The van der Waals surface area contributed by atoms with Crippen molar-refractivity contribution < 1.29 is 18.3 Å². The van der Waals surface area contributed by atoms with Gasteiger partial charge < -0.3 is 9.64 Å². The SMILES string of the molecule is COc1ccc(C2CCN(C(=O)C3CC(F)(F)CN3)C2)cc1. The Morgan fingerprint density at radius 3 is 2.68 bits per heavy atom. The van der Waals surface area contributed by atoms with E-state index in [1.54, 1.807) is 12.0 Å². The average Bonchev–Trinajstić information content (AvgIpc) is 3.13. The lowest BCUT2D eigenvalue weighted by Crippen LogP contribution is -2.42. The molecule has 6 heteroatoms. The maximum absolute atomic E-state index is 13.2. The number of methoxy groups -OCH3 is 1. The minimum Gasteiger partial charge on any atom is -0.497 e. The summed E-state index contributed by atoms with van der Waals surface area (Å²) < 4.78 is 31.6. The van der Waals surface area contributed by atoms with Crippen LogP contribution in [-0.2, 0) is 4.79 Å². The van der Waals surface area contributed by atoms with E-state index >= 15 is 0 Å². The van der Waals surface area contributed by atoms with Gasteiger partial charge in [-0.25, -0.2) is 8.78 Å². The number of hydrogen-bond acceptors (Lipinski definition) is 3. The molecule has 1 amide bonds. The maximum atomic E-state index is 13.2. The van der Waals surface area contributed by atoms with Crippen LogP contribution in [0.15, 0.2) is 24.3 Å². The van der Waals surface area contributed by atoms with Crippen LogP contribution in [0.3, 0.4) is 0 Å². The molecule has 2 atom stereocenters. The topological polar surface area (TPSA) is 41.6 Å². The highest BCUT2D eigenvalue weighted by Crippen LogP contribution is 2.31. The lowest BCUT2D eigenvalue weighted by atomic mass is 9.98. The summed E-state index contributed by atoms with van der Waals surface area (Å²) in [6.45, 7) is 0.813. The molecule has 4 nitrogen and oxygen atoms in total. The van der Waals surface area contributed by atoms with E-state index in [1.807, 2.05) is 24.3 Å². The zero-order valence-electron chi connectivity index (χ0n) is 12.5. The Morgan fingerprint density at radius 2 is 2.09 bits per heavy atom. The van der Waals surface area contributed by atoms with Crippen LogP contribution in [0.25, 0.3) is 0 Å². The van der Waals surface area contributed by atoms with Gasteiger partial charge in [-0.15, -0.1) is 0 Å². The monoisotopic (exact) mass is 310 g/mol. The van der Waals surface area contributed by atoms with Gasteiger partial charge >= 0.3 is 0 Å². The van der Waals surface area contributed by atoms with Crippen LogP contribution >= 0.6 is 0 Å². The first-order valence-corrected chi connectivity index (χ1v) is 7.52. The summed E-state index contributed by atoms with van der Waals surface area (Å²) in [5, 5.41) is 2.64. The fourth-order valence-corrected chi connectivity index (χ4v) is 3.22. The molecule has 0 radical (unpaired) electrons. The van der Waals surface area contributed by atoms with Gasteiger partial charge in [0.1, 0.15) is 5.75 Å². The first-order valence-electron chi connectivity index (χ1n) is 7.52. The Hall–Kier alpha value is -1.69. The molecule has 22 heavy (non-hydrogen) atoms. The standard InChI is InChI=1S/C16H20F2N2O2/c1-22-13-4-2-11(3-5-13)12-6-7-20(9-12)15(21)14-8-16(17,18)10-19-14/h2-5,12,14,19H,6-10H2,1H3. The molecule has 1 aromatic carbocycles. The van der Waals surface area contributed by atoms with Crippen molar-refractivity contribution in [1.29, 1.82) is 0 Å². The third-order valence-corrected chi connectivity index (χ3v) is 4.50. The molecule has 2 unspecified atom stereocenters. The van der Waals surface area contributed by atoms with Crippen LogP contribution in [0.5, 0.6) is 5.75 Å². The maximum Gasteiger partial charge on any atom is 0.262 e. The number of likely N-dealkylation sites (tertiary alicyclic amines) is 1. The van der Waals surface area contributed by atoms with Crippen molar-refractivity contribution in [2.75, 3.05) is 26.7 Å². The Kier molecular flexibility index (Phi) is 4.04. The van der Waals surface area contributed by atoms with Crippen LogP contribution < -0.4 is 10.1 Å². The third-order valence-electron chi connectivity index (χ3n) is 4.50. The highest BCUT2D eigenvalue weighted by Gasteiger charge is 2.44. The average molecular weight is 310 g/mol. The number of benzene rings is 1. The highest BCUT2D eigenvalue weighted by molar-refractivity contribution is 5.82. The molecular formula is C16H20F2N2O2. The number of ether oxygens (including phenoxy) is 1. The fraction of sp³-hybridized carbons (Fsp3) is 0.562. The molecule has 2 aliphatic rings. The molecule has 1 aromatic rings. The molecule has 120 valence electrons. The quantitative estimate of drug-likeness (QED) is 0.928. The minimum atomic E-state index is -2.77. The number of carbonyl (C=O) groups excluding carboxylic acids is 1. The molecule has 0 aliphatic carbocycles. The van der Waals surface area contributed by atoms with Gasteiger partial charge in [0.05, 0.1) is 19.7 Å². The summed E-state index contributed by atoms with van der Waals surface area (Å²) in [7, 11) is 1.62. The highest BCUT2D eigenvalue weighted by atomic mass is 19.3. The summed E-state index contributed by atoms with van der Waals surface area (Å²) in [6.07, 6.45) is 0.469. The Balaban J connectivity index is 1.61. The number of alkyl halides is 2. The number of halogens is 2. The van der Waals surface area contributed by atoms with E-state index in [9.17, 15) is 13.6 Å². The molecule has 1 N–H and O–H groups in total. The molecule has 3 rings (SSSR count). The molecule has 2 fully saturated rings. The lowest BCUT2D eigenvalue weighted by Gasteiger charge is -2.20. The second-order valence-corrected chi connectivity index (χ2v) is 6.04. The van der Waals surface area contributed by atoms with Crippen molar-refractivity contribution in [3.8, 4) is 5.75 Å². The van der Waals surface area contributed by atoms with Gasteiger partial charge in [-0.1, -0.05) is 12.1 Å². The number of carbonyl (C=O) groups is 1. The fourth-order valence-electron chi connectivity index (χ4n) is 3.22. The van der Waals surface area contributed by atoms with Gasteiger partial charge in [-0.2, -0.15) is 0 Å². The van der Waals surface area contributed by atoms with Crippen molar-refractivity contribution in [2.24, 2.45) is 0 Å². The molecule has 2 saturated heterocycles. The second kappa shape index (κ2) is 5.83. The van der Waals surface area contributed by atoms with Gasteiger partial charge in [0, 0.05) is 25.4 Å². The molecule has 0 bridgehead atoms. The van der Waals surface area contributed by atoms with Crippen LogP contribution in [-0.4, -0.2) is 49.5 Å². The van der Waals surface area contributed by atoms with Gasteiger partial charge in [0.15, 0.2) is 0 Å². The van der Waals surface area contributed by atoms with Gasteiger partial charge in [0.25, 0.3) is 5.92 Å². The van der Waals surface area contributed by atoms with Gasteiger partial charge in [-0.05, 0) is 24.1 Å². The van der Waals surface area contributed by atoms with E-state index < -0.39 is 24.9 Å². The van der Waals surface area contributed by atoms with E-state index in [1.165, 1.54) is 0 Å². The van der Waals surface area contributed by atoms with Crippen molar-refractivity contribution in [2.45, 2.75) is 30.7 Å². The molecular weight excluding hydrogens is 290 g/mol. The summed E-state index contributed by atoms with van der Waals surface area (Å²) in [5.41, 5.74) is 1.15. The third kappa shape index (κ3) is 3.06. The summed E-state index contributed by atoms with van der Waals surface area (Å²) in [5.74, 6) is -1.91. The number of nitrogens with zero attached hydrogens (tertiary/aromatic N) is 1. The number of nitrogens with one attached hydrogen (secondary N) is 1. The molecule has 2 heterocycles. The van der Waals surface area contributed by atoms with Gasteiger partial charge in [0.2, 0.25) is 5.91 Å². The van der Waals surface area contributed by atoms with Crippen LogP contribution in [0.1, 0.15) is 24.3 Å². The Labute approximate surface area is 128 Å². The van der Waals surface area contributed by atoms with Crippen LogP contribution in [0, 0.1) is 0 Å². The molecule has 2 aliphatic heterocycles. The number of rotatable bonds is 3. The summed E-state index contributed by atoms with van der Waals surface area (Å²) in [6, 6.07) is 7.06. The zero-order chi connectivity index (χ0) is 15.7. The first kappa shape index (κ1) is 15.2. The Morgan fingerprint density at radius 1 is 1.36 bits per heavy atom. The van der Waals surface area contributed by atoms with Crippen molar-refractivity contribution in [3.63, 3.8) is 0 Å². The van der Waals surface area contributed by atoms with E-state index in [2.05, 4.69) is 5.32 Å². The van der Waals surface area contributed by atoms with Crippen LogP contribution in [0.2, 0.25) is 0 Å². The predicted octanol–water partition coefficient (Wildman–Crippen LogP) is 2.01. The zero-order valence-corrected chi connectivity index (χ0v) is 12.5. The number of amides is 1. The first-order chi connectivity index (χ1) is 10.5. The van der Waals surface area contributed by atoms with E-state index in [-0.39, 0.29) is 11.8 Å². The smallest absolute Gasteiger partial charge is 0.262 e. The van der Waals surface area contributed by atoms with Crippen molar-refractivity contribution in [3.05, 3.63) is 29.8 Å². The lowest BCUT2D eigenvalue weighted by molar-refractivity contribution is -0.132. The second-order valence-electron chi connectivity index (χ2n) is 6.04. The minimum absolute atomic E-state index is 0.201. The summed E-state index contributed by atoms with van der Waals surface area (Å²) in [4.78, 5) is 14.0. The predicted molar refractivity (Wildman–Crippen MR) is 78.3 cm³/mol. The molecule has 0 spiro atoms. The van der Waals surface area contributed by atoms with E-state index in [4.69, 9.17) is 4.74 Å². The van der Waals surface area contributed by atoms with Crippen molar-refractivity contribution >= 4 is 5.91 Å². The summed E-state index contributed by atoms with van der Waals surface area (Å²) >= 11 is 0. The van der Waals surface area contributed by atoms with E-state index in [0.717, 1.165) is 17.7 Å². The molecule has 0 saturated carbocycles. The molecule has 0 aromatic heterocycles. The number of hydrogen-bond donors (Lipinski definition) is 1. The van der Waals surface area contributed by atoms with Crippen molar-refractivity contribution in [1.82, 2.24) is 10.2 Å². The van der Waals surface area contributed by atoms with Crippen LogP contribution in [0.4, 0.5) is 8.78 Å². The Bertz CT molecular complexity index is 548. The van der Waals surface area contributed by atoms with E-state index in [0.29, 0.717) is 13.1 Å². The largest absolute Gasteiger partial charge is 0.497 e. The van der Waals surface area contributed by atoms with Gasteiger partial charge in [-0.3, -0.25) is 10.1 Å².